The second-order valence-corrected chi connectivity index (χ2v) is 14.2. The van der Waals surface area contributed by atoms with Gasteiger partial charge in [-0.2, -0.15) is 0 Å². The number of rotatable bonds is 5. The van der Waals surface area contributed by atoms with Crippen LogP contribution in [0, 0.1) is 0 Å². The van der Waals surface area contributed by atoms with Gasteiger partial charge in [0.15, 0.2) is 0 Å². The maximum absolute atomic E-state index is 5.17. The number of fused-ring (bicyclic) bond motifs is 10. The van der Waals surface area contributed by atoms with E-state index in [9.17, 15) is 0 Å². The molecule has 0 saturated heterocycles. The molecule has 54 heavy (non-hydrogen) atoms. The van der Waals surface area contributed by atoms with Crippen molar-refractivity contribution in [2.45, 2.75) is 25.2 Å². The van der Waals surface area contributed by atoms with Crippen molar-refractivity contribution in [3.05, 3.63) is 203 Å². The number of hydrogen-bond donors (Lipinski definition) is 1. The van der Waals surface area contributed by atoms with E-state index in [1.165, 1.54) is 54.7 Å². The average molecular weight is 695 g/mol. The Morgan fingerprint density at radius 3 is 1.80 bits per heavy atom. The number of nitrogens with one attached hydrogen (secondary N) is 1. The first-order valence-corrected chi connectivity index (χ1v) is 18.8. The number of benzene rings is 7. The van der Waals surface area contributed by atoms with Crippen LogP contribution in [0.2, 0.25) is 0 Å². The molecule has 7 aromatic carbocycles. The SMILES string of the molecule is C1=Cc2c(c3c4ccccc4n(-c4ccc(C5=NC(c6ccccc6)[N-]C(c6ccccc6)N5)cc4)c3c3c2c2ccccc2n3-c2ccccc2)CC1. The third-order valence-electron chi connectivity index (χ3n) is 11.2. The monoisotopic (exact) mass is 694 g/mol. The lowest BCUT2D eigenvalue weighted by atomic mass is 9.89. The van der Waals surface area contributed by atoms with Gasteiger partial charge in [-0.15, -0.1) is 0 Å². The van der Waals surface area contributed by atoms with Crippen molar-refractivity contribution in [1.29, 1.82) is 0 Å². The summed E-state index contributed by atoms with van der Waals surface area (Å²) >= 11 is 0. The minimum absolute atomic E-state index is 0.214. The van der Waals surface area contributed by atoms with Crippen LogP contribution in [-0.2, 0) is 6.42 Å². The van der Waals surface area contributed by atoms with E-state index in [1.54, 1.807) is 0 Å². The Balaban J connectivity index is 1.15. The number of hydrogen-bond acceptors (Lipinski definition) is 2. The van der Waals surface area contributed by atoms with Crippen molar-refractivity contribution in [2.24, 2.45) is 4.99 Å². The van der Waals surface area contributed by atoms with Crippen molar-refractivity contribution in [2.75, 3.05) is 0 Å². The van der Waals surface area contributed by atoms with E-state index in [-0.39, 0.29) is 12.3 Å². The van der Waals surface area contributed by atoms with Gasteiger partial charge in [-0.3, -0.25) is 4.99 Å². The van der Waals surface area contributed by atoms with Crippen LogP contribution in [-0.4, -0.2) is 15.0 Å². The zero-order valence-electron chi connectivity index (χ0n) is 29.6. The van der Waals surface area contributed by atoms with Gasteiger partial charge < -0.3 is 19.8 Å². The van der Waals surface area contributed by atoms with Crippen molar-refractivity contribution in [3.63, 3.8) is 0 Å². The van der Waals surface area contributed by atoms with Crippen molar-refractivity contribution in [1.82, 2.24) is 14.5 Å². The first kappa shape index (κ1) is 30.9. The Kier molecular flexibility index (Phi) is 7.13. The van der Waals surface area contributed by atoms with E-state index in [0.29, 0.717) is 0 Å². The van der Waals surface area contributed by atoms with Gasteiger partial charge in [-0.05, 0) is 96.0 Å². The summed E-state index contributed by atoms with van der Waals surface area (Å²) in [4.78, 5) is 5.17. The summed E-state index contributed by atoms with van der Waals surface area (Å²) in [5, 5.41) is 14.0. The summed E-state index contributed by atoms with van der Waals surface area (Å²) < 4.78 is 4.98. The van der Waals surface area contributed by atoms with Crippen molar-refractivity contribution >= 4 is 55.5 Å². The molecule has 11 rings (SSSR count). The molecule has 258 valence electrons. The molecule has 0 fully saturated rings. The Morgan fingerprint density at radius 2 is 1.11 bits per heavy atom. The van der Waals surface area contributed by atoms with E-state index in [0.717, 1.165) is 46.7 Å². The average Bonchev–Trinajstić information content (AvgIpc) is 3.79. The zero-order valence-corrected chi connectivity index (χ0v) is 29.6. The first-order chi connectivity index (χ1) is 26.8. The largest absolute Gasteiger partial charge is 0.613 e. The second kappa shape index (κ2) is 12.5. The van der Waals surface area contributed by atoms with E-state index < -0.39 is 0 Å². The molecule has 0 spiro atoms. The lowest BCUT2D eigenvalue weighted by Crippen LogP contribution is -2.34. The maximum atomic E-state index is 5.17. The Hall–Kier alpha value is -6.69. The topological polar surface area (TPSA) is 48.4 Å². The molecule has 0 amide bonds. The molecule has 5 heteroatoms. The van der Waals surface area contributed by atoms with Gasteiger partial charge in [0, 0.05) is 38.5 Å². The molecule has 2 unspecified atom stereocenters. The van der Waals surface area contributed by atoms with Crippen LogP contribution >= 0.6 is 0 Å². The number of amidine groups is 1. The number of aromatic nitrogens is 2. The zero-order chi connectivity index (χ0) is 35.6. The van der Waals surface area contributed by atoms with Crippen molar-refractivity contribution in [3.8, 4) is 11.4 Å². The fraction of sp³-hybridized carbons (Fsp3) is 0.0816. The molecule has 3 heterocycles. The minimum atomic E-state index is -0.307. The maximum Gasteiger partial charge on any atom is 0.126 e. The molecular formula is C49H36N5-. The van der Waals surface area contributed by atoms with Crippen LogP contribution in [0.15, 0.2) is 175 Å². The van der Waals surface area contributed by atoms with Crippen LogP contribution in [0.4, 0.5) is 0 Å². The molecule has 0 bridgehead atoms. The third-order valence-corrected chi connectivity index (χ3v) is 11.2. The molecular weight excluding hydrogens is 659 g/mol. The fourth-order valence-electron chi connectivity index (χ4n) is 8.80. The Bertz CT molecular complexity index is 2920. The molecule has 2 aliphatic rings. The molecule has 0 saturated carbocycles. The fourth-order valence-corrected chi connectivity index (χ4v) is 8.80. The number of nitrogens with zero attached hydrogens (tertiary/aromatic N) is 4. The molecule has 9 aromatic rings. The van der Waals surface area contributed by atoms with Crippen molar-refractivity contribution < 1.29 is 0 Å². The summed E-state index contributed by atoms with van der Waals surface area (Å²) in [6.45, 7) is 0. The van der Waals surface area contributed by atoms with E-state index in [2.05, 4.69) is 178 Å². The van der Waals surface area contributed by atoms with Gasteiger partial charge >= 0.3 is 0 Å². The van der Waals surface area contributed by atoms with Gasteiger partial charge in [0.05, 0.1) is 22.1 Å². The van der Waals surface area contributed by atoms with Gasteiger partial charge in [0.1, 0.15) is 5.84 Å². The second-order valence-electron chi connectivity index (χ2n) is 14.2. The van der Waals surface area contributed by atoms with Gasteiger partial charge in [-0.25, -0.2) is 0 Å². The summed E-state index contributed by atoms with van der Waals surface area (Å²) in [5.41, 5.74) is 13.2. The summed E-state index contributed by atoms with van der Waals surface area (Å²) in [7, 11) is 0. The highest BCUT2D eigenvalue weighted by Gasteiger charge is 2.27. The van der Waals surface area contributed by atoms with E-state index >= 15 is 0 Å². The van der Waals surface area contributed by atoms with Crippen LogP contribution in [0.5, 0.6) is 0 Å². The highest BCUT2D eigenvalue weighted by atomic mass is 15.3. The molecule has 2 aromatic heterocycles. The highest BCUT2D eigenvalue weighted by molar-refractivity contribution is 6.27. The Labute approximate surface area is 313 Å². The molecule has 2 atom stereocenters. The summed E-state index contributed by atoms with van der Waals surface area (Å²) in [6, 6.07) is 58.4. The van der Waals surface area contributed by atoms with E-state index in [1.807, 2.05) is 12.1 Å². The van der Waals surface area contributed by atoms with Crippen LogP contribution in [0.25, 0.3) is 66.4 Å². The number of allylic oxidation sites excluding steroid dienone is 1. The lowest BCUT2D eigenvalue weighted by Gasteiger charge is -2.44. The number of aryl methyl sites for hydroxylation is 1. The number of aliphatic imine (C=N–C) groups is 1. The molecule has 1 aliphatic heterocycles. The van der Waals surface area contributed by atoms with Crippen LogP contribution in [0.3, 0.4) is 0 Å². The minimum Gasteiger partial charge on any atom is -0.613 e. The molecule has 0 radical (unpaired) electrons. The summed E-state index contributed by atoms with van der Waals surface area (Å²) in [6.07, 6.45) is 6.25. The van der Waals surface area contributed by atoms with Crippen LogP contribution in [0.1, 0.15) is 46.6 Å². The normalized spacial score (nSPS) is 16.9. The standard InChI is InChI=1S/C49H36N5/c1-4-16-32(17-5-1)47-50-48(33-18-6-2-7-19-33)52-49(51-47)34-28-30-36(31-29-34)54-42-27-15-13-25-40(42)44-38-23-11-10-22-37(38)43-39-24-12-14-26-41(39)53(45(43)46(44)54)35-20-8-3-9-21-35/h1-10,12-22,24-31,47-48H,11,23H2,(H,51,52)/q-1. The first-order valence-electron chi connectivity index (χ1n) is 18.8. The van der Waals surface area contributed by atoms with Gasteiger partial charge in [-0.1, -0.05) is 127 Å². The third kappa shape index (κ3) is 4.79. The predicted molar refractivity (Wildman–Crippen MR) is 224 cm³/mol. The Morgan fingerprint density at radius 1 is 0.556 bits per heavy atom. The van der Waals surface area contributed by atoms with Crippen LogP contribution < -0.4 is 5.32 Å². The van der Waals surface area contributed by atoms with E-state index in [4.69, 9.17) is 10.3 Å². The molecule has 1 aliphatic carbocycles. The number of para-hydroxylation sites is 3. The lowest BCUT2D eigenvalue weighted by molar-refractivity contribution is 0.631. The summed E-state index contributed by atoms with van der Waals surface area (Å²) in [5.74, 6) is 0.842. The quantitative estimate of drug-likeness (QED) is 0.192. The molecule has 1 N–H and O–H groups in total. The highest BCUT2D eigenvalue weighted by Crippen LogP contribution is 2.47. The van der Waals surface area contributed by atoms with Gasteiger partial charge in [0.2, 0.25) is 0 Å². The van der Waals surface area contributed by atoms with Gasteiger partial charge in [0.25, 0.3) is 0 Å². The predicted octanol–water partition coefficient (Wildman–Crippen LogP) is 12.0. The molecule has 5 nitrogen and oxygen atoms in total. The smallest absolute Gasteiger partial charge is 0.126 e.